The molecule has 1 aliphatic rings. The number of hydrogen-bond donors (Lipinski definition) is 0. The van der Waals surface area contributed by atoms with Crippen LogP contribution in [0.15, 0.2) is 18.2 Å². The van der Waals surface area contributed by atoms with Gasteiger partial charge in [0.1, 0.15) is 0 Å². The topological polar surface area (TPSA) is 46.4 Å². The molecule has 110 valence electrons. The lowest BCUT2D eigenvalue weighted by molar-refractivity contribution is -0.385. The Morgan fingerprint density at radius 3 is 2.35 bits per heavy atom. The van der Waals surface area contributed by atoms with Gasteiger partial charge in [0, 0.05) is 24.8 Å². The highest BCUT2D eigenvalue weighted by molar-refractivity contribution is 14.1. The lowest BCUT2D eigenvalue weighted by Gasteiger charge is -2.34. The Morgan fingerprint density at radius 1 is 1.30 bits per heavy atom. The van der Waals surface area contributed by atoms with Gasteiger partial charge in [0.25, 0.3) is 5.69 Å². The number of nitrogens with zero attached hydrogens (tertiary/aromatic N) is 2. The molecule has 4 nitrogen and oxygen atoms in total. The van der Waals surface area contributed by atoms with Crippen LogP contribution in [-0.4, -0.2) is 24.2 Å². The third-order valence-corrected chi connectivity index (χ3v) is 4.32. The van der Waals surface area contributed by atoms with Crippen LogP contribution in [-0.2, 0) is 0 Å². The fraction of sp³-hybridized carbons (Fsp3) is 0.500. The smallest absolute Gasteiger partial charge is 0.371 e. The molecule has 2 rings (SSSR count). The summed E-state index contributed by atoms with van der Waals surface area (Å²) in [6.07, 6.45) is -4.00. The molecule has 1 aliphatic heterocycles. The molecule has 0 radical (unpaired) electrons. The molecule has 0 aliphatic carbocycles. The number of benzene rings is 1. The van der Waals surface area contributed by atoms with Gasteiger partial charge in [-0.2, -0.15) is 13.2 Å². The van der Waals surface area contributed by atoms with Crippen LogP contribution in [0.4, 0.5) is 24.5 Å². The molecule has 0 bridgehead atoms. The van der Waals surface area contributed by atoms with Gasteiger partial charge in [-0.1, -0.05) is 0 Å². The van der Waals surface area contributed by atoms with Crippen LogP contribution in [0, 0.1) is 19.6 Å². The van der Waals surface area contributed by atoms with Crippen LogP contribution < -0.4 is 4.90 Å². The SMILES string of the molecule is O=[N+]([O-])c1ccc(N2CCC(C(F)(F)F)CC2)cc1I. The van der Waals surface area contributed by atoms with E-state index in [1.54, 1.807) is 12.1 Å². The minimum Gasteiger partial charge on any atom is -0.371 e. The molecular weight excluding hydrogens is 388 g/mol. The average molecular weight is 400 g/mol. The summed E-state index contributed by atoms with van der Waals surface area (Å²) in [6, 6.07) is 4.63. The summed E-state index contributed by atoms with van der Waals surface area (Å²) >= 11 is 1.87. The third-order valence-electron chi connectivity index (χ3n) is 3.45. The molecule has 8 heteroatoms. The van der Waals surface area contributed by atoms with Crippen LogP contribution in [0.5, 0.6) is 0 Å². The highest BCUT2D eigenvalue weighted by Crippen LogP contribution is 2.36. The number of nitro benzene ring substituents is 1. The maximum Gasteiger partial charge on any atom is 0.391 e. The van der Waals surface area contributed by atoms with Crippen molar-refractivity contribution in [3.8, 4) is 0 Å². The van der Waals surface area contributed by atoms with Crippen molar-refractivity contribution in [3.63, 3.8) is 0 Å². The van der Waals surface area contributed by atoms with Crippen molar-refractivity contribution in [3.05, 3.63) is 31.9 Å². The number of nitro groups is 1. The third kappa shape index (κ3) is 3.33. The largest absolute Gasteiger partial charge is 0.391 e. The minimum atomic E-state index is -4.13. The van der Waals surface area contributed by atoms with Gasteiger partial charge in [0.2, 0.25) is 0 Å². The van der Waals surface area contributed by atoms with E-state index in [0.29, 0.717) is 16.7 Å². The van der Waals surface area contributed by atoms with Crippen molar-refractivity contribution < 1.29 is 18.1 Å². The summed E-state index contributed by atoms with van der Waals surface area (Å²) in [5, 5.41) is 10.7. The average Bonchev–Trinajstić information content (AvgIpc) is 2.37. The van der Waals surface area contributed by atoms with Gasteiger partial charge in [-0.25, -0.2) is 0 Å². The van der Waals surface area contributed by atoms with E-state index in [0.717, 1.165) is 5.69 Å². The second-order valence-electron chi connectivity index (χ2n) is 4.70. The fourth-order valence-electron chi connectivity index (χ4n) is 2.31. The Bertz CT molecular complexity index is 514. The van der Waals surface area contributed by atoms with Gasteiger partial charge in [-0.3, -0.25) is 10.1 Å². The number of halogens is 4. The standard InChI is InChI=1S/C12H12F3IN2O2/c13-12(14,15)8-3-5-17(6-4-8)9-1-2-11(18(19)20)10(16)7-9/h1-2,7-8H,3-6H2. The van der Waals surface area contributed by atoms with Crippen LogP contribution in [0.1, 0.15) is 12.8 Å². The zero-order chi connectivity index (χ0) is 14.9. The number of alkyl halides is 3. The van der Waals surface area contributed by atoms with E-state index in [1.807, 2.05) is 27.5 Å². The van der Waals surface area contributed by atoms with E-state index in [4.69, 9.17) is 0 Å². The van der Waals surface area contributed by atoms with Gasteiger partial charge in [0.05, 0.1) is 14.4 Å². The number of anilines is 1. The summed E-state index contributed by atoms with van der Waals surface area (Å²) in [7, 11) is 0. The van der Waals surface area contributed by atoms with Crippen LogP contribution in [0.3, 0.4) is 0 Å². The molecule has 20 heavy (non-hydrogen) atoms. The zero-order valence-electron chi connectivity index (χ0n) is 10.4. The molecule has 1 aromatic carbocycles. The van der Waals surface area contributed by atoms with Gasteiger partial charge in [-0.05, 0) is 47.6 Å². The first-order valence-corrected chi connectivity index (χ1v) is 7.12. The summed E-state index contributed by atoms with van der Waals surface area (Å²) < 4.78 is 38.2. The highest BCUT2D eigenvalue weighted by Gasteiger charge is 2.41. The minimum absolute atomic E-state index is 0.0135. The predicted molar refractivity (Wildman–Crippen MR) is 76.8 cm³/mol. The van der Waals surface area contributed by atoms with Crippen LogP contribution >= 0.6 is 22.6 Å². The summed E-state index contributed by atoms with van der Waals surface area (Å²) in [4.78, 5) is 12.1. The van der Waals surface area contributed by atoms with Crippen LogP contribution in [0.25, 0.3) is 0 Å². The van der Waals surface area contributed by atoms with Gasteiger partial charge < -0.3 is 4.90 Å². The van der Waals surface area contributed by atoms with E-state index in [9.17, 15) is 23.3 Å². The van der Waals surface area contributed by atoms with Crippen molar-refractivity contribution in [2.24, 2.45) is 5.92 Å². The molecule has 0 unspecified atom stereocenters. The molecular formula is C12H12F3IN2O2. The molecule has 1 heterocycles. The van der Waals surface area contributed by atoms with Gasteiger partial charge in [0.15, 0.2) is 0 Å². The van der Waals surface area contributed by atoms with Crippen LogP contribution in [0.2, 0.25) is 0 Å². The zero-order valence-corrected chi connectivity index (χ0v) is 12.5. The van der Waals surface area contributed by atoms with E-state index in [1.165, 1.54) is 6.07 Å². The first-order chi connectivity index (χ1) is 9.29. The molecule has 0 atom stereocenters. The lowest BCUT2D eigenvalue weighted by atomic mass is 9.96. The Labute approximate surface area is 127 Å². The highest BCUT2D eigenvalue weighted by atomic mass is 127. The molecule has 0 aromatic heterocycles. The Hall–Kier alpha value is -1.06. The quantitative estimate of drug-likeness (QED) is 0.429. The molecule has 0 saturated carbocycles. The van der Waals surface area contributed by atoms with Crippen molar-refractivity contribution in [1.29, 1.82) is 0 Å². The van der Waals surface area contributed by atoms with Gasteiger partial charge in [-0.15, -0.1) is 0 Å². The molecule has 0 amide bonds. The fourth-order valence-corrected chi connectivity index (χ4v) is 3.00. The van der Waals surface area contributed by atoms with E-state index in [-0.39, 0.29) is 18.5 Å². The van der Waals surface area contributed by atoms with E-state index < -0.39 is 17.0 Å². The van der Waals surface area contributed by atoms with Gasteiger partial charge >= 0.3 is 6.18 Å². The maximum absolute atomic E-state index is 12.6. The van der Waals surface area contributed by atoms with Crippen molar-refractivity contribution in [2.45, 2.75) is 19.0 Å². The molecule has 0 N–H and O–H groups in total. The Balaban J connectivity index is 2.08. The van der Waals surface area contributed by atoms with Crippen molar-refractivity contribution in [1.82, 2.24) is 0 Å². The monoisotopic (exact) mass is 400 g/mol. The number of rotatable bonds is 2. The number of piperidine rings is 1. The second-order valence-corrected chi connectivity index (χ2v) is 5.86. The summed E-state index contributed by atoms with van der Waals surface area (Å²) in [5.41, 5.74) is 0.750. The lowest BCUT2D eigenvalue weighted by Crippen LogP contribution is -2.39. The Kier molecular flexibility index (Phi) is 4.40. The van der Waals surface area contributed by atoms with Crippen molar-refractivity contribution >= 4 is 34.0 Å². The normalized spacial score (nSPS) is 17.3. The molecule has 1 saturated heterocycles. The summed E-state index contributed by atoms with van der Waals surface area (Å²) in [6.45, 7) is 0.635. The first kappa shape index (κ1) is 15.3. The first-order valence-electron chi connectivity index (χ1n) is 6.04. The van der Waals surface area contributed by atoms with Crippen molar-refractivity contribution in [2.75, 3.05) is 18.0 Å². The maximum atomic E-state index is 12.6. The molecule has 1 fully saturated rings. The Morgan fingerprint density at radius 2 is 1.90 bits per heavy atom. The van der Waals surface area contributed by atoms with E-state index in [2.05, 4.69) is 0 Å². The van der Waals surface area contributed by atoms with E-state index >= 15 is 0 Å². The summed E-state index contributed by atoms with van der Waals surface area (Å²) in [5.74, 6) is -1.24. The number of hydrogen-bond acceptors (Lipinski definition) is 3. The molecule has 0 spiro atoms. The molecule has 1 aromatic rings. The second kappa shape index (κ2) is 5.74. The predicted octanol–water partition coefficient (Wildman–Crippen LogP) is 3.98.